The number of hydrogen-bond donors (Lipinski definition) is 2. The van der Waals surface area contributed by atoms with Gasteiger partial charge in [-0.05, 0) is 44.2 Å². The van der Waals surface area contributed by atoms with Gasteiger partial charge >= 0.3 is 0 Å². The molecule has 0 bridgehead atoms. The van der Waals surface area contributed by atoms with Gasteiger partial charge in [0.1, 0.15) is 0 Å². The Hall–Kier alpha value is -0.610. The van der Waals surface area contributed by atoms with Crippen molar-refractivity contribution in [3.63, 3.8) is 0 Å². The summed E-state index contributed by atoms with van der Waals surface area (Å²) in [5, 5.41) is 3.20. The molecule has 0 aromatic rings. The zero-order chi connectivity index (χ0) is 13.7. The number of rotatable bonds is 4. The summed E-state index contributed by atoms with van der Waals surface area (Å²) in [6, 6.07) is 0.426. The van der Waals surface area contributed by atoms with E-state index in [4.69, 9.17) is 5.73 Å². The van der Waals surface area contributed by atoms with E-state index in [1.807, 2.05) is 0 Å². The van der Waals surface area contributed by atoms with Gasteiger partial charge in [0.25, 0.3) is 0 Å². The molecule has 1 heterocycles. The molecular formula is C15H29N3O. The molecule has 4 nitrogen and oxygen atoms in total. The first-order valence-electron chi connectivity index (χ1n) is 7.91. The Kier molecular flexibility index (Phi) is 5.64. The molecule has 2 fully saturated rings. The summed E-state index contributed by atoms with van der Waals surface area (Å²) < 4.78 is 0. The van der Waals surface area contributed by atoms with Gasteiger partial charge in [-0.2, -0.15) is 0 Å². The van der Waals surface area contributed by atoms with Crippen LogP contribution in [0.1, 0.15) is 45.4 Å². The second-order valence-corrected chi connectivity index (χ2v) is 6.40. The molecule has 1 amide bonds. The molecule has 110 valence electrons. The summed E-state index contributed by atoms with van der Waals surface area (Å²) in [6.07, 6.45) is 7.35. The van der Waals surface area contributed by atoms with E-state index in [0.29, 0.717) is 24.4 Å². The van der Waals surface area contributed by atoms with Crippen molar-refractivity contribution in [2.75, 3.05) is 26.2 Å². The van der Waals surface area contributed by atoms with E-state index in [1.165, 1.54) is 25.7 Å². The molecule has 0 radical (unpaired) electrons. The molecule has 2 aliphatic rings. The summed E-state index contributed by atoms with van der Waals surface area (Å²) in [5.41, 5.74) is 5.81. The van der Waals surface area contributed by atoms with Gasteiger partial charge in [0.2, 0.25) is 5.91 Å². The number of carbonyl (C=O) groups is 1. The summed E-state index contributed by atoms with van der Waals surface area (Å²) >= 11 is 0. The molecule has 1 saturated heterocycles. The van der Waals surface area contributed by atoms with Gasteiger partial charge in [-0.25, -0.2) is 0 Å². The fraction of sp³-hybridized carbons (Fsp3) is 0.933. The van der Waals surface area contributed by atoms with E-state index >= 15 is 0 Å². The molecular weight excluding hydrogens is 238 g/mol. The predicted molar refractivity (Wildman–Crippen MR) is 77.8 cm³/mol. The predicted octanol–water partition coefficient (Wildman–Crippen LogP) is 1.35. The van der Waals surface area contributed by atoms with E-state index < -0.39 is 0 Å². The highest BCUT2D eigenvalue weighted by atomic mass is 16.2. The highest BCUT2D eigenvalue weighted by molar-refractivity contribution is 5.78. The number of piperidine rings is 1. The second-order valence-electron chi connectivity index (χ2n) is 6.40. The zero-order valence-electron chi connectivity index (χ0n) is 12.2. The Morgan fingerprint density at radius 1 is 1.26 bits per heavy atom. The van der Waals surface area contributed by atoms with Gasteiger partial charge < -0.3 is 11.1 Å². The average molecular weight is 267 g/mol. The molecule has 3 N–H and O–H groups in total. The number of likely N-dealkylation sites (tertiary alicyclic amines) is 1. The monoisotopic (exact) mass is 267 g/mol. The van der Waals surface area contributed by atoms with E-state index in [0.717, 1.165) is 32.5 Å². The summed E-state index contributed by atoms with van der Waals surface area (Å²) in [4.78, 5) is 14.3. The SMILES string of the molecule is CC1CCN(CC(=O)NC2CCCCC2)CC1CN. The van der Waals surface area contributed by atoms with Crippen LogP contribution in [0.5, 0.6) is 0 Å². The largest absolute Gasteiger partial charge is 0.352 e. The molecule has 1 saturated carbocycles. The van der Waals surface area contributed by atoms with Crippen LogP contribution in [-0.2, 0) is 4.79 Å². The minimum absolute atomic E-state index is 0.206. The molecule has 1 aliphatic carbocycles. The second kappa shape index (κ2) is 7.25. The Morgan fingerprint density at radius 2 is 2.00 bits per heavy atom. The summed E-state index contributed by atoms with van der Waals surface area (Å²) in [5.74, 6) is 1.45. The lowest BCUT2D eigenvalue weighted by Gasteiger charge is -2.36. The lowest BCUT2D eigenvalue weighted by atomic mass is 9.87. The molecule has 0 aromatic heterocycles. The maximum absolute atomic E-state index is 12.1. The van der Waals surface area contributed by atoms with Crippen molar-refractivity contribution in [3.8, 4) is 0 Å². The normalized spacial score (nSPS) is 30.2. The van der Waals surface area contributed by atoms with Crippen LogP contribution in [0.4, 0.5) is 0 Å². The minimum Gasteiger partial charge on any atom is -0.352 e. The third-order valence-electron chi connectivity index (χ3n) is 4.84. The van der Waals surface area contributed by atoms with Crippen LogP contribution < -0.4 is 11.1 Å². The van der Waals surface area contributed by atoms with Crippen LogP contribution in [0.15, 0.2) is 0 Å². The first kappa shape index (κ1) is 14.8. The van der Waals surface area contributed by atoms with Crippen molar-refractivity contribution >= 4 is 5.91 Å². The van der Waals surface area contributed by atoms with Gasteiger partial charge in [0, 0.05) is 12.6 Å². The molecule has 1 aliphatic heterocycles. The maximum atomic E-state index is 12.1. The standard InChI is InChI=1S/C15H29N3O/c1-12-7-8-18(10-13(12)9-16)11-15(19)17-14-5-3-2-4-6-14/h12-14H,2-11,16H2,1H3,(H,17,19). The summed E-state index contributed by atoms with van der Waals surface area (Å²) in [7, 11) is 0. The number of hydrogen-bond acceptors (Lipinski definition) is 3. The van der Waals surface area contributed by atoms with Crippen molar-refractivity contribution in [2.45, 2.75) is 51.5 Å². The first-order chi connectivity index (χ1) is 9.19. The lowest BCUT2D eigenvalue weighted by molar-refractivity contribution is -0.123. The molecule has 19 heavy (non-hydrogen) atoms. The van der Waals surface area contributed by atoms with Crippen LogP contribution in [0.25, 0.3) is 0 Å². The first-order valence-corrected chi connectivity index (χ1v) is 7.91. The number of nitrogens with one attached hydrogen (secondary N) is 1. The third kappa shape index (κ3) is 4.46. The van der Waals surface area contributed by atoms with E-state index in [-0.39, 0.29) is 5.91 Å². The lowest BCUT2D eigenvalue weighted by Crippen LogP contribution is -2.48. The van der Waals surface area contributed by atoms with Crippen molar-refractivity contribution in [1.29, 1.82) is 0 Å². The quantitative estimate of drug-likeness (QED) is 0.808. The number of nitrogens with two attached hydrogens (primary N) is 1. The topological polar surface area (TPSA) is 58.4 Å². The van der Waals surface area contributed by atoms with Crippen LogP contribution in [-0.4, -0.2) is 43.0 Å². The molecule has 2 rings (SSSR count). The fourth-order valence-corrected chi connectivity index (χ4v) is 3.40. The van der Waals surface area contributed by atoms with Crippen LogP contribution >= 0.6 is 0 Å². The van der Waals surface area contributed by atoms with Gasteiger partial charge in [-0.15, -0.1) is 0 Å². The number of nitrogens with zero attached hydrogens (tertiary/aromatic N) is 1. The highest BCUT2D eigenvalue weighted by Gasteiger charge is 2.26. The Labute approximate surface area is 117 Å². The zero-order valence-corrected chi connectivity index (χ0v) is 12.2. The van der Waals surface area contributed by atoms with Gasteiger partial charge in [-0.3, -0.25) is 9.69 Å². The maximum Gasteiger partial charge on any atom is 0.234 e. The molecule has 2 atom stereocenters. The molecule has 0 aromatic carbocycles. The Morgan fingerprint density at radius 3 is 2.68 bits per heavy atom. The highest BCUT2D eigenvalue weighted by Crippen LogP contribution is 2.22. The van der Waals surface area contributed by atoms with Crippen molar-refractivity contribution < 1.29 is 4.79 Å². The molecule has 0 spiro atoms. The van der Waals surface area contributed by atoms with Crippen molar-refractivity contribution in [2.24, 2.45) is 17.6 Å². The number of carbonyl (C=O) groups excluding carboxylic acids is 1. The van der Waals surface area contributed by atoms with Crippen molar-refractivity contribution in [1.82, 2.24) is 10.2 Å². The smallest absolute Gasteiger partial charge is 0.234 e. The van der Waals surface area contributed by atoms with Crippen LogP contribution in [0.2, 0.25) is 0 Å². The average Bonchev–Trinajstić information content (AvgIpc) is 2.42. The van der Waals surface area contributed by atoms with Gasteiger partial charge in [0.15, 0.2) is 0 Å². The van der Waals surface area contributed by atoms with Gasteiger partial charge in [0.05, 0.1) is 6.54 Å². The fourth-order valence-electron chi connectivity index (χ4n) is 3.40. The van der Waals surface area contributed by atoms with E-state index in [9.17, 15) is 4.79 Å². The third-order valence-corrected chi connectivity index (χ3v) is 4.84. The van der Waals surface area contributed by atoms with Crippen LogP contribution in [0, 0.1) is 11.8 Å². The Balaban J connectivity index is 1.72. The minimum atomic E-state index is 0.206. The van der Waals surface area contributed by atoms with E-state index in [1.54, 1.807) is 0 Å². The number of amides is 1. The van der Waals surface area contributed by atoms with E-state index in [2.05, 4.69) is 17.1 Å². The van der Waals surface area contributed by atoms with Crippen LogP contribution in [0.3, 0.4) is 0 Å². The molecule has 2 unspecified atom stereocenters. The molecule has 4 heteroatoms. The van der Waals surface area contributed by atoms with Gasteiger partial charge in [-0.1, -0.05) is 26.2 Å². The summed E-state index contributed by atoms with van der Waals surface area (Å²) in [6.45, 7) is 5.59. The Bertz CT molecular complexity index is 289. The van der Waals surface area contributed by atoms with Crippen molar-refractivity contribution in [3.05, 3.63) is 0 Å².